The van der Waals surface area contributed by atoms with Gasteiger partial charge in [0.2, 0.25) is 0 Å². The standard InChI is InChI=1S/C23H28N4O/c1-5-27-14-18(12-24-27)22-17(4)21(19-11-15(2)8-9-20(19)25-22)23(28)26-10-6-7-16(3)13-26/h8-9,11-12,14,16H,5-7,10,13H2,1-4H3. The number of likely N-dealkylation sites (tertiary alicyclic amines) is 1. The smallest absolute Gasteiger partial charge is 0.254 e. The minimum Gasteiger partial charge on any atom is -0.338 e. The number of fused-ring (bicyclic) bond motifs is 1. The average Bonchev–Trinajstić information content (AvgIpc) is 3.16. The van der Waals surface area contributed by atoms with Crippen LogP contribution in [0.3, 0.4) is 0 Å². The first-order valence-corrected chi connectivity index (χ1v) is 10.2. The highest BCUT2D eigenvalue weighted by atomic mass is 16.2. The van der Waals surface area contributed by atoms with Gasteiger partial charge in [0.05, 0.1) is 23.0 Å². The number of hydrogen-bond acceptors (Lipinski definition) is 3. The summed E-state index contributed by atoms with van der Waals surface area (Å²) in [5.74, 6) is 0.682. The molecule has 0 bridgehead atoms. The lowest BCUT2D eigenvalue weighted by molar-refractivity contribution is 0.0684. The molecule has 5 heteroatoms. The summed E-state index contributed by atoms with van der Waals surface area (Å²) >= 11 is 0. The maximum absolute atomic E-state index is 13.6. The lowest BCUT2D eigenvalue weighted by atomic mass is 9.94. The van der Waals surface area contributed by atoms with Gasteiger partial charge in [-0.2, -0.15) is 5.10 Å². The third-order valence-corrected chi connectivity index (χ3v) is 5.77. The molecule has 4 rings (SSSR count). The van der Waals surface area contributed by atoms with Crippen LogP contribution in [0.4, 0.5) is 0 Å². The van der Waals surface area contributed by atoms with Gasteiger partial charge in [0.25, 0.3) is 5.91 Å². The highest BCUT2D eigenvalue weighted by Gasteiger charge is 2.26. The predicted molar refractivity (Wildman–Crippen MR) is 112 cm³/mol. The monoisotopic (exact) mass is 376 g/mol. The van der Waals surface area contributed by atoms with Gasteiger partial charge in [-0.05, 0) is 57.2 Å². The van der Waals surface area contributed by atoms with Gasteiger partial charge in [0.15, 0.2) is 0 Å². The van der Waals surface area contributed by atoms with Crippen molar-refractivity contribution in [3.8, 4) is 11.3 Å². The topological polar surface area (TPSA) is 51.0 Å². The van der Waals surface area contributed by atoms with Gasteiger partial charge in [-0.15, -0.1) is 0 Å². The predicted octanol–water partition coefficient (Wildman–Crippen LogP) is 4.61. The maximum atomic E-state index is 13.6. The van der Waals surface area contributed by atoms with E-state index in [1.165, 1.54) is 6.42 Å². The highest BCUT2D eigenvalue weighted by Crippen LogP contribution is 2.32. The van der Waals surface area contributed by atoms with Crippen molar-refractivity contribution >= 4 is 16.8 Å². The molecule has 1 aromatic carbocycles. The molecule has 1 amide bonds. The van der Waals surface area contributed by atoms with Gasteiger partial charge in [-0.25, -0.2) is 4.98 Å². The van der Waals surface area contributed by atoms with Crippen molar-refractivity contribution in [3.63, 3.8) is 0 Å². The van der Waals surface area contributed by atoms with Gasteiger partial charge in [-0.1, -0.05) is 18.6 Å². The van der Waals surface area contributed by atoms with E-state index in [0.717, 1.165) is 64.9 Å². The number of amides is 1. The fourth-order valence-corrected chi connectivity index (χ4v) is 4.22. The zero-order chi connectivity index (χ0) is 19.8. The van der Waals surface area contributed by atoms with Crippen LogP contribution in [0.1, 0.15) is 48.2 Å². The Morgan fingerprint density at radius 3 is 2.82 bits per heavy atom. The summed E-state index contributed by atoms with van der Waals surface area (Å²) in [6.45, 7) is 10.8. The lowest BCUT2D eigenvalue weighted by Crippen LogP contribution is -2.39. The molecule has 1 saturated heterocycles. The molecule has 0 spiro atoms. The van der Waals surface area contributed by atoms with Crippen molar-refractivity contribution in [2.24, 2.45) is 5.92 Å². The third-order valence-electron chi connectivity index (χ3n) is 5.77. The Balaban J connectivity index is 1.90. The van der Waals surface area contributed by atoms with E-state index < -0.39 is 0 Å². The molecule has 28 heavy (non-hydrogen) atoms. The van der Waals surface area contributed by atoms with Crippen molar-refractivity contribution in [2.75, 3.05) is 13.1 Å². The van der Waals surface area contributed by atoms with Crippen LogP contribution in [0.15, 0.2) is 30.6 Å². The van der Waals surface area contributed by atoms with E-state index in [9.17, 15) is 4.79 Å². The van der Waals surface area contributed by atoms with E-state index in [-0.39, 0.29) is 5.91 Å². The fraction of sp³-hybridized carbons (Fsp3) is 0.435. The quantitative estimate of drug-likeness (QED) is 0.671. The number of carbonyl (C=O) groups is 1. The van der Waals surface area contributed by atoms with Crippen molar-refractivity contribution in [1.29, 1.82) is 0 Å². The van der Waals surface area contributed by atoms with E-state index in [4.69, 9.17) is 4.98 Å². The van der Waals surface area contributed by atoms with Crippen LogP contribution in [0.2, 0.25) is 0 Å². The van der Waals surface area contributed by atoms with Crippen molar-refractivity contribution in [2.45, 2.75) is 47.1 Å². The summed E-state index contributed by atoms with van der Waals surface area (Å²) in [4.78, 5) is 20.6. The van der Waals surface area contributed by atoms with Crippen LogP contribution >= 0.6 is 0 Å². The Morgan fingerprint density at radius 2 is 2.11 bits per heavy atom. The first kappa shape index (κ1) is 18.7. The van der Waals surface area contributed by atoms with Crippen LogP contribution in [-0.2, 0) is 6.54 Å². The summed E-state index contributed by atoms with van der Waals surface area (Å²) in [5, 5.41) is 5.35. The molecule has 1 unspecified atom stereocenters. The normalized spacial score (nSPS) is 17.3. The zero-order valence-corrected chi connectivity index (χ0v) is 17.2. The number of rotatable bonds is 3. The molecule has 0 radical (unpaired) electrons. The molecule has 2 aromatic heterocycles. The minimum atomic E-state index is 0.131. The second kappa shape index (κ2) is 7.38. The fourth-order valence-electron chi connectivity index (χ4n) is 4.22. The van der Waals surface area contributed by atoms with E-state index in [2.05, 4.69) is 38.0 Å². The van der Waals surface area contributed by atoms with Crippen LogP contribution in [0.5, 0.6) is 0 Å². The number of pyridine rings is 1. The van der Waals surface area contributed by atoms with Crippen molar-refractivity contribution in [1.82, 2.24) is 19.7 Å². The largest absolute Gasteiger partial charge is 0.338 e. The van der Waals surface area contributed by atoms with Crippen LogP contribution in [0.25, 0.3) is 22.2 Å². The number of carbonyl (C=O) groups excluding carboxylic acids is 1. The Bertz CT molecular complexity index is 1040. The highest BCUT2D eigenvalue weighted by molar-refractivity contribution is 6.09. The zero-order valence-electron chi connectivity index (χ0n) is 17.2. The van der Waals surface area contributed by atoms with E-state index >= 15 is 0 Å². The number of benzene rings is 1. The summed E-state index contributed by atoms with van der Waals surface area (Å²) in [6.07, 6.45) is 6.12. The van der Waals surface area contributed by atoms with E-state index in [0.29, 0.717) is 5.92 Å². The molecule has 3 aromatic rings. The van der Waals surface area contributed by atoms with Gasteiger partial charge in [-0.3, -0.25) is 9.48 Å². The number of piperidine rings is 1. The minimum absolute atomic E-state index is 0.131. The molecule has 146 valence electrons. The van der Waals surface area contributed by atoms with E-state index in [1.54, 1.807) is 0 Å². The molecule has 1 fully saturated rings. The Kier molecular flexibility index (Phi) is 4.92. The third kappa shape index (κ3) is 3.30. The van der Waals surface area contributed by atoms with Gasteiger partial charge in [0, 0.05) is 36.8 Å². The molecule has 3 heterocycles. The van der Waals surface area contributed by atoms with Crippen molar-refractivity contribution in [3.05, 3.63) is 47.3 Å². The second-order valence-corrected chi connectivity index (χ2v) is 8.06. The number of aromatic nitrogens is 3. The van der Waals surface area contributed by atoms with Crippen LogP contribution in [0, 0.1) is 19.8 Å². The maximum Gasteiger partial charge on any atom is 0.254 e. The van der Waals surface area contributed by atoms with Gasteiger partial charge in [0.1, 0.15) is 0 Å². The molecule has 1 atom stereocenters. The van der Waals surface area contributed by atoms with E-state index in [1.807, 2.05) is 35.0 Å². The summed E-state index contributed by atoms with van der Waals surface area (Å²) in [5.41, 5.74) is 5.55. The summed E-state index contributed by atoms with van der Waals surface area (Å²) < 4.78 is 1.89. The molecule has 5 nitrogen and oxygen atoms in total. The first-order chi connectivity index (χ1) is 13.5. The Hall–Kier alpha value is -2.69. The average molecular weight is 377 g/mol. The first-order valence-electron chi connectivity index (χ1n) is 10.2. The number of aryl methyl sites for hydroxylation is 2. The molecular weight excluding hydrogens is 348 g/mol. The van der Waals surface area contributed by atoms with Crippen LogP contribution < -0.4 is 0 Å². The molecule has 0 aliphatic carbocycles. The number of hydrogen-bond donors (Lipinski definition) is 0. The van der Waals surface area contributed by atoms with Gasteiger partial charge < -0.3 is 4.90 Å². The Morgan fingerprint density at radius 1 is 1.29 bits per heavy atom. The molecule has 0 N–H and O–H groups in total. The summed E-state index contributed by atoms with van der Waals surface area (Å²) in [6, 6.07) is 6.17. The molecule has 0 saturated carbocycles. The number of nitrogens with zero attached hydrogens (tertiary/aromatic N) is 4. The Labute approximate surface area is 166 Å². The lowest BCUT2D eigenvalue weighted by Gasteiger charge is -2.32. The van der Waals surface area contributed by atoms with Crippen LogP contribution in [-0.4, -0.2) is 38.7 Å². The SMILES string of the molecule is CCn1cc(-c2nc3ccc(C)cc3c(C(=O)N3CCCC(C)C3)c2C)cn1. The second-order valence-electron chi connectivity index (χ2n) is 8.06. The van der Waals surface area contributed by atoms with Gasteiger partial charge >= 0.3 is 0 Å². The molecular formula is C23H28N4O. The molecule has 1 aliphatic heterocycles. The molecule has 1 aliphatic rings. The summed E-state index contributed by atoms with van der Waals surface area (Å²) in [7, 11) is 0. The van der Waals surface area contributed by atoms with Crippen molar-refractivity contribution < 1.29 is 4.79 Å².